The largest absolute Gasteiger partial charge is 0.370 e. The van der Waals surface area contributed by atoms with Crippen LogP contribution >= 0.6 is 12.2 Å². The summed E-state index contributed by atoms with van der Waals surface area (Å²) in [6, 6.07) is 3.79. The summed E-state index contributed by atoms with van der Waals surface area (Å²) in [6.07, 6.45) is 5.16. The lowest BCUT2D eigenvalue weighted by Crippen LogP contribution is -3.14. The van der Waals surface area contributed by atoms with Crippen LogP contribution in [0.4, 0.5) is 0 Å². The third-order valence-corrected chi connectivity index (χ3v) is 3.26. The van der Waals surface area contributed by atoms with E-state index in [9.17, 15) is 0 Å². The molecule has 0 amide bonds. The maximum atomic E-state index is 5.32. The van der Waals surface area contributed by atoms with Gasteiger partial charge in [-0.3, -0.25) is 10.4 Å². The summed E-state index contributed by atoms with van der Waals surface area (Å²) >= 11 is 5.15. The lowest BCUT2D eigenvalue weighted by Gasteiger charge is -2.23. The fourth-order valence-corrected chi connectivity index (χ4v) is 2.07. The van der Waals surface area contributed by atoms with Gasteiger partial charge in [-0.1, -0.05) is 6.07 Å². The van der Waals surface area contributed by atoms with Crippen molar-refractivity contribution < 1.29 is 9.64 Å². The molecule has 20 heavy (non-hydrogen) atoms. The van der Waals surface area contributed by atoms with Gasteiger partial charge in [0.15, 0.2) is 5.11 Å². The smallest absolute Gasteiger partial charge is 0.187 e. The Balaban J connectivity index is 1.59. The summed E-state index contributed by atoms with van der Waals surface area (Å²) in [7, 11) is 0. The molecule has 108 valence electrons. The van der Waals surface area contributed by atoms with Crippen molar-refractivity contribution in [1.82, 2.24) is 15.7 Å². The van der Waals surface area contributed by atoms with Crippen molar-refractivity contribution >= 4 is 23.5 Å². The van der Waals surface area contributed by atoms with Crippen LogP contribution in [0.1, 0.15) is 5.56 Å². The number of thiocarbonyl (C=S) groups is 1. The molecule has 1 fully saturated rings. The molecule has 0 aliphatic carbocycles. The molecule has 2 rings (SSSR count). The van der Waals surface area contributed by atoms with Crippen molar-refractivity contribution in [3.63, 3.8) is 0 Å². The molecular weight excluding hydrogens is 274 g/mol. The number of hydrazone groups is 1. The topological polar surface area (TPSA) is 63.0 Å². The third-order valence-electron chi connectivity index (χ3n) is 3.03. The molecule has 7 heteroatoms. The van der Waals surface area contributed by atoms with Gasteiger partial charge in [0.25, 0.3) is 0 Å². The quantitative estimate of drug-likeness (QED) is 0.362. The number of nitrogens with one attached hydrogen (secondary N) is 3. The molecule has 0 unspecified atom stereocenters. The van der Waals surface area contributed by atoms with Gasteiger partial charge in [0.05, 0.1) is 32.5 Å². The second-order valence-electron chi connectivity index (χ2n) is 4.52. The van der Waals surface area contributed by atoms with E-state index < -0.39 is 0 Å². The first-order valence-electron chi connectivity index (χ1n) is 6.73. The standard InChI is InChI=1S/C13H19N5OS/c20-13(15-4-5-18-6-8-19-9-7-18)17-16-11-12-2-1-3-14-10-12/h1-3,10-11H,4-9H2,(H2,15,17,20)/p+1/b16-11-. The Kier molecular flexibility index (Phi) is 6.36. The molecule has 0 spiro atoms. The third kappa shape index (κ3) is 5.60. The van der Waals surface area contributed by atoms with E-state index in [4.69, 9.17) is 17.0 Å². The summed E-state index contributed by atoms with van der Waals surface area (Å²) in [4.78, 5) is 5.55. The van der Waals surface area contributed by atoms with Gasteiger partial charge < -0.3 is 15.0 Å². The van der Waals surface area contributed by atoms with Crippen molar-refractivity contribution in [3.8, 4) is 0 Å². The molecule has 0 aromatic carbocycles. The van der Waals surface area contributed by atoms with Gasteiger partial charge in [0, 0.05) is 18.0 Å². The van der Waals surface area contributed by atoms with Crippen LogP contribution in [0.2, 0.25) is 0 Å². The molecule has 1 aromatic rings. The second-order valence-corrected chi connectivity index (χ2v) is 4.93. The lowest BCUT2D eigenvalue weighted by molar-refractivity contribution is -0.906. The summed E-state index contributed by atoms with van der Waals surface area (Å²) in [5.41, 5.74) is 3.73. The fourth-order valence-electron chi connectivity index (χ4n) is 1.92. The highest BCUT2D eigenvalue weighted by atomic mass is 32.1. The number of aromatic nitrogens is 1. The first-order valence-corrected chi connectivity index (χ1v) is 7.13. The first kappa shape index (κ1) is 14.8. The van der Waals surface area contributed by atoms with Crippen LogP contribution in [0, 0.1) is 0 Å². The van der Waals surface area contributed by atoms with Crippen molar-refractivity contribution in [1.29, 1.82) is 0 Å². The number of morpholine rings is 1. The highest BCUT2D eigenvalue weighted by Gasteiger charge is 2.12. The van der Waals surface area contributed by atoms with Crippen LogP contribution in [0.5, 0.6) is 0 Å². The van der Waals surface area contributed by atoms with Gasteiger partial charge in [0.2, 0.25) is 0 Å². The zero-order chi connectivity index (χ0) is 14.0. The Morgan fingerprint density at radius 3 is 3.10 bits per heavy atom. The van der Waals surface area contributed by atoms with Crippen LogP contribution in [0.25, 0.3) is 0 Å². The van der Waals surface area contributed by atoms with Crippen molar-refractivity contribution in [3.05, 3.63) is 30.1 Å². The molecule has 1 aliphatic heterocycles. The lowest BCUT2D eigenvalue weighted by atomic mass is 10.3. The van der Waals surface area contributed by atoms with Gasteiger partial charge in [-0.25, -0.2) is 0 Å². The number of hydrogen-bond acceptors (Lipinski definition) is 4. The van der Waals surface area contributed by atoms with Crippen molar-refractivity contribution in [2.75, 3.05) is 39.4 Å². The highest BCUT2D eigenvalue weighted by molar-refractivity contribution is 7.80. The average molecular weight is 294 g/mol. The molecule has 0 radical (unpaired) electrons. The van der Waals surface area contributed by atoms with Gasteiger partial charge in [-0.2, -0.15) is 5.10 Å². The molecule has 2 heterocycles. The van der Waals surface area contributed by atoms with E-state index in [-0.39, 0.29) is 0 Å². The molecule has 1 aliphatic rings. The van der Waals surface area contributed by atoms with Gasteiger partial charge >= 0.3 is 0 Å². The molecule has 6 nitrogen and oxygen atoms in total. The minimum atomic E-state index is 0.540. The van der Waals surface area contributed by atoms with Crippen molar-refractivity contribution in [2.24, 2.45) is 5.10 Å². The van der Waals surface area contributed by atoms with Crippen LogP contribution in [-0.2, 0) is 4.74 Å². The van der Waals surface area contributed by atoms with E-state index >= 15 is 0 Å². The van der Waals surface area contributed by atoms with E-state index in [1.54, 1.807) is 23.5 Å². The van der Waals surface area contributed by atoms with E-state index in [1.165, 1.54) is 0 Å². The maximum Gasteiger partial charge on any atom is 0.187 e. The Morgan fingerprint density at radius 2 is 2.35 bits per heavy atom. The summed E-state index contributed by atoms with van der Waals surface area (Å²) in [5, 5.41) is 7.75. The van der Waals surface area contributed by atoms with Crippen LogP contribution in [0.3, 0.4) is 0 Å². The number of pyridine rings is 1. The van der Waals surface area contributed by atoms with E-state index in [2.05, 4.69) is 20.8 Å². The zero-order valence-corrected chi connectivity index (χ0v) is 12.2. The van der Waals surface area contributed by atoms with Crippen LogP contribution in [0.15, 0.2) is 29.6 Å². The Morgan fingerprint density at radius 1 is 1.50 bits per heavy atom. The number of rotatable bonds is 5. The van der Waals surface area contributed by atoms with Crippen LogP contribution in [-0.4, -0.2) is 55.7 Å². The predicted molar refractivity (Wildman–Crippen MR) is 82.0 cm³/mol. The molecule has 3 N–H and O–H groups in total. The summed E-state index contributed by atoms with van der Waals surface area (Å²) < 4.78 is 5.32. The number of hydrogen-bond donors (Lipinski definition) is 3. The van der Waals surface area contributed by atoms with Crippen LogP contribution < -0.4 is 15.6 Å². The predicted octanol–water partition coefficient (Wildman–Crippen LogP) is -1.21. The normalized spacial score (nSPS) is 16.2. The Bertz CT molecular complexity index is 434. The highest BCUT2D eigenvalue weighted by Crippen LogP contribution is 1.89. The molecule has 1 saturated heterocycles. The van der Waals surface area contributed by atoms with Gasteiger partial charge in [0.1, 0.15) is 13.1 Å². The first-order chi connectivity index (χ1) is 9.84. The minimum absolute atomic E-state index is 0.540. The summed E-state index contributed by atoms with van der Waals surface area (Å²) in [5.74, 6) is 0. The number of ether oxygens (including phenoxy) is 1. The SMILES string of the molecule is S=C(NCC[NH+]1CCOCC1)N/N=C\c1cccnc1. The van der Waals surface area contributed by atoms with Gasteiger partial charge in [-0.15, -0.1) is 0 Å². The number of nitrogens with zero attached hydrogens (tertiary/aromatic N) is 2. The Labute approximate surface area is 124 Å². The minimum Gasteiger partial charge on any atom is -0.370 e. The molecule has 0 atom stereocenters. The summed E-state index contributed by atoms with van der Waals surface area (Å²) in [6.45, 7) is 5.73. The fraction of sp³-hybridized carbons (Fsp3) is 0.462. The van der Waals surface area contributed by atoms with E-state index in [0.717, 1.165) is 45.0 Å². The molecule has 0 saturated carbocycles. The van der Waals surface area contributed by atoms with E-state index in [1.807, 2.05) is 12.1 Å². The Hall–Kier alpha value is -1.57. The average Bonchev–Trinajstić information content (AvgIpc) is 2.49. The molecule has 0 bridgehead atoms. The number of quaternary nitrogens is 1. The van der Waals surface area contributed by atoms with Gasteiger partial charge in [-0.05, 0) is 18.3 Å². The second kappa shape index (κ2) is 8.57. The monoisotopic (exact) mass is 294 g/mol. The molecular formula is C13H20N5OS+. The van der Waals surface area contributed by atoms with Crippen molar-refractivity contribution in [2.45, 2.75) is 0 Å². The zero-order valence-electron chi connectivity index (χ0n) is 11.3. The maximum absolute atomic E-state index is 5.32. The van der Waals surface area contributed by atoms with E-state index in [0.29, 0.717) is 5.11 Å². The molecule has 1 aromatic heterocycles.